The van der Waals surface area contributed by atoms with Crippen molar-refractivity contribution < 1.29 is 9.21 Å². The number of nitrogens with one attached hydrogen (secondary N) is 1. The minimum atomic E-state index is -0.278. The summed E-state index contributed by atoms with van der Waals surface area (Å²) < 4.78 is 5.04. The smallest absolute Gasteiger partial charge is 0.289 e. The molecular weight excluding hydrogens is 230 g/mol. The Bertz CT molecular complexity index is 563. The average molecular weight is 245 g/mol. The zero-order valence-electron chi connectivity index (χ0n) is 10.3. The number of carbonyl (C=O) groups is 1. The van der Waals surface area contributed by atoms with E-state index in [0.717, 1.165) is 5.56 Å². The fourth-order valence-electron chi connectivity index (χ4n) is 1.69. The van der Waals surface area contributed by atoms with Crippen LogP contribution in [-0.4, -0.2) is 10.9 Å². The van der Waals surface area contributed by atoms with Gasteiger partial charge in [0.05, 0.1) is 11.7 Å². The SMILES string of the molecule is Cc1ncoc1C(=O)NC(C)c1cccc(N)c1. The maximum atomic E-state index is 11.9. The second-order valence-electron chi connectivity index (χ2n) is 4.13. The van der Waals surface area contributed by atoms with Gasteiger partial charge in [0, 0.05) is 5.69 Å². The van der Waals surface area contributed by atoms with E-state index in [4.69, 9.17) is 10.2 Å². The number of carbonyl (C=O) groups excluding carboxylic acids is 1. The van der Waals surface area contributed by atoms with Crippen molar-refractivity contribution in [2.24, 2.45) is 0 Å². The summed E-state index contributed by atoms with van der Waals surface area (Å²) in [5.74, 6) is -0.0364. The minimum Gasteiger partial charge on any atom is -0.438 e. The van der Waals surface area contributed by atoms with Gasteiger partial charge in [-0.3, -0.25) is 4.79 Å². The Morgan fingerprint density at radius 3 is 2.89 bits per heavy atom. The van der Waals surface area contributed by atoms with Crippen LogP contribution in [0.25, 0.3) is 0 Å². The van der Waals surface area contributed by atoms with E-state index in [9.17, 15) is 4.79 Å². The Kier molecular flexibility index (Phi) is 3.32. The van der Waals surface area contributed by atoms with Crippen LogP contribution in [0.2, 0.25) is 0 Å². The van der Waals surface area contributed by atoms with Gasteiger partial charge in [-0.15, -0.1) is 0 Å². The van der Waals surface area contributed by atoms with Gasteiger partial charge < -0.3 is 15.5 Å². The summed E-state index contributed by atoms with van der Waals surface area (Å²) in [4.78, 5) is 15.8. The minimum absolute atomic E-state index is 0.148. The Hall–Kier alpha value is -2.30. The van der Waals surface area contributed by atoms with Gasteiger partial charge in [-0.05, 0) is 31.5 Å². The molecule has 0 saturated carbocycles. The predicted octanol–water partition coefficient (Wildman–Crippen LogP) is 2.06. The summed E-state index contributed by atoms with van der Waals surface area (Å²) in [6.07, 6.45) is 1.26. The molecule has 18 heavy (non-hydrogen) atoms. The number of amides is 1. The monoisotopic (exact) mass is 245 g/mol. The Labute approximate surface area is 105 Å². The van der Waals surface area contributed by atoms with E-state index < -0.39 is 0 Å². The third-order valence-corrected chi connectivity index (χ3v) is 2.71. The highest BCUT2D eigenvalue weighted by molar-refractivity contribution is 5.92. The van der Waals surface area contributed by atoms with Crippen LogP contribution in [0.4, 0.5) is 5.69 Å². The zero-order chi connectivity index (χ0) is 13.1. The van der Waals surface area contributed by atoms with Gasteiger partial charge in [-0.1, -0.05) is 12.1 Å². The van der Waals surface area contributed by atoms with Crippen LogP contribution in [-0.2, 0) is 0 Å². The molecule has 1 aromatic carbocycles. The first kappa shape index (κ1) is 12.2. The molecule has 0 saturated heterocycles. The molecule has 5 nitrogen and oxygen atoms in total. The largest absolute Gasteiger partial charge is 0.438 e. The zero-order valence-corrected chi connectivity index (χ0v) is 10.3. The van der Waals surface area contributed by atoms with E-state index in [0.29, 0.717) is 11.4 Å². The van der Waals surface area contributed by atoms with Crippen molar-refractivity contribution >= 4 is 11.6 Å². The van der Waals surface area contributed by atoms with Crippen molar-refractivity contribution in [1.82, 2.24) is 10.3 Å². The van der Waals surface area contributed by atoms with E-state index >= 15 is 0 Å². The van der Waals surface area contributed by atoms with Gasteiger partial charge in [0.25, 0.3) is 5.91 Å². The molecule has 1 aromatic heterocycles. The highest BCUT2D eigenvalue weighted by Gasteiger charge is 2.16. The summed E-state index contributed by atoms with van der Waals surface area (Å²) in [7, 11) is 0. The second-order valence-corrected chi connectivity index (χ2v) is 4.13. The Balaban J connectivity index is 2.10. The number of oxazole rings is 1. The number of aromatic nitrogens is 1. The Morgan fingerprint density at radius 1 is 1.50 bits per heavy atom. The number of hydrogen-bond acceptors (Lipinski definition) is 4. The van der Waals surface area contributed by atoms with E-state index in [1.165, 1.54) is 6.39 Å². The van der Waals surface area contributed by atoms with Crippen molar-refractivity contribution in [3.05, 3.63) is 47.7 Å². The number of benzene rings is 1. The lowest BCUT2D eigenvalue weighted by Gasteiger charge is -2.13. The van der Waals surface area contributed by atoms with Gasteiger partial charge in [-0.2, -0.15) is 0 Å². The number of nitrogens with zero attached hydrogens (tertiary/aromatic N) is 1. The summed E-state index contributed by atoms with van der Waals surface area (Å²) >= 11 is 0. The Morgan fingerprint density at radius 2 is 2.28 bits per heavy atom. The van der Waals surface area contributed by atoms with E-state index in [1.54, 1.807) is 13.0 Å². The molecular formula is C13H15N3O2. The van der Waals surface area contributed by atoms with Crippen molar-refractivity contribution in [3.8, 4) is 0 Å². The van der Waals surface area contributed by atoms with Crippen LogP contribution in [0.3, 0.4) is 0 Å². The molecule has 0 radical (unpaired) electrons. The summed E-state index contributed by atoms with van der Waals surface area (Å²) in [6.45, 7) is 3.61. The van der Waals surface area contributed by atoms with Gasteiger partial charge in [0.15, 0.2) is 6.39 Å². The molecule has 2 aromatic rings. The number of aryl methyl sites for hydroxylation is 1. The second kappa shape index (κ2) is 4.91. The van der Waals surface area contributed by atoms with Gasteiger partial charge >= 0.3 is 0 Å². The molecule has 0 bridgehead atoms. The van der Waals surface area contributed by atoms with Gasteiger partial charge in [0.1, 0.15) is 0 Å². The topological polar surface area (TPSA) is 81.2 Å². The van der Waals surface area contributed by atoms with E-state index in [-0.39, 0.29) is 17.7 Å². The molecule has 0 aliphatic carbocycles. The molecule has 0 spiro atoms. The third kappa shape index (κ3) is 2.51. The quantitative estimate of drug-likeness (QED) is 0.811. The van der Waals surface area contributed by atoms with Crippen molar-refractivity contribution in [2.45, 2.75) is 19.9 Å². The average Bonchev–Trinajstić information content (AvgIpc) is 2.75. The number of nitrogen functional groups attached to an aromatic ring is 1. The molecule has 0 fully saturated rings. The lowest BCUT2D eigenvalue weighted by molar-refractivity contribution is 0.0911. The number of anilines is 1. The molecule has 0 aliphatic heterocycles. The van der Waals surface area contributed by atoms with Crippen LogP contribution in [0.15, 0.2) is 35.1 Å². The highest BCUT2D eigenvalue weighted by Crippen LogP contribution is 2.16. The molecule has 2 rings (SSSR count). The highest BCUT2D eigenvalue weighted by atomic mass is 16.3. The van der Waals surface area contributed by atoms with Crippen LogP contribution in [0, 0.1) is 6.92 Å². The number of nitrogens with two attached hydrogens (primary N) is 1. The third-order valence-electron chi connectivity index (χ3n) is 2.71. The van der Waals surface area contributed by atoms with Crippen molar-refractivity contribution in [3.63, 3.8) is 0 Å². The number of rotatable bonds is 3. The first-order valence-electron chi connectivity index (χ1n) is 5.64. The van der Waals surface area contributed by atoms with Gasteiger partial charge in [0.2, 0.25) is 5.76 Å². The molecule has 3 N–H and O–H groups in total. The lowest BCUT2D eigenvalue weighted by Crippen LogP contribution is -2.26. The van der Waals surface area contributed by atoms with Crippen molar-refractivity contribution in [2.75, 3.05) is 5.73 Å². The number of hydrogen-bond donors (Lipinski definition) is 2. The molecule has 1 heterocycles. The maximum Gasteiger partial charge on any atom is 0.289 e. The van der Waals surface area contributed by atoms with Crippen LogP contribution in [0.1, 0.15) is 34.8 Å². The fraction of sp³-hybridized carbons (Fsp3) is 0.231. The van der Waals surface area contributed by atoms with Crippen LogP contribution in [0.5, 0.6) is 0 Å². The molecule has 5 heteroatoms. The van der Waals surface area contributed by atoms with Crippen LogP contribution >= 0.6 is 0 Å². The molecule has 1 unspecified atom stereocenters. The molecule has 94 valence electrons. The fourth-order valence-corrected chi connectivity index (χ4v) is 1.69. The normalized spacial score (nSPS) is 12.1. The lowest BCUT2D eigenvalue weighted by atomic mass is 10.1. The maximum absolute atomic E-state index is 11.9. The van der Waals surface area contributed by atoms with Crippen molar-refractivity contribution in [1.29, 1.82) is 0 Å². The molecule has 0 aliphatic rings. The van der Waals surface area contributed by atoms with Crippen LogP contribution < -0.4 is 11.1 Å². The summed E-state index contributed by atoms with van der Waals surface area (Å²) in [5, 5.41) is 2.84. The van der Waals surface area contributed by atoms with E-state index in [1.807, 2.05) is 25.1 Å². The predicted molar refractivity (Wildman–Crippen MR) is 68.0 cm³/mol. The first-order valence-corrected chi connectivity index (χ1v) is 5.64. The van der Waals surface area contributed by atoms with Gasteiger partial charge in [-0.25, -0.2) is 4.98 Å². The van der Waals surface area contributed by atoms with E-state index in [2.05, 4.69) is 10.3 Å². The summed E-state index contributed by atoms with van der Waals surface area (Å²) in [6, 6.07) is 7.25. The molecule has 1 amide bonds. The molecule has 1 atom stereocenters. The summed E-state index contributed by atoms with van der Waals surface area (Å²) in [5.41, 5.74) is 7.90. The first-order chi connectivity index (χ1) is 8.58. The standard InChI is InChI=1S/C13H15N3O2/c1-8(10-4-3-5-11(14)6-10)16-13(17)12-9(2)15-7-18-12/h3-8H,14H2,1-2H3,(H,16,17).